The standard InChI is InChI=1S/C17H22N4O2S/c1-12(15(22)19-10-13-6-3-2-4-7-13)24-17-21-20-16(23-17)14-8-5-9-18-11-14/h5,8-9,11-13H,2-4,6-7,10H2,1H3,(H,19,22)/t12-/m1/s1. The number of carbonyl (C=O) groups excluding carboxylic acids is 1. The molecular weight excluding hydrogens is 324 g/mol. The Morgan fingerprint density at radius 3 is 2.96 bits per heavy atom. The minimum Gasteiger partial charge on any atom is -0.411 e. The van der Waals surface area contributed by atoms with E-state index in [0.29, 0.717) is 17.0 Å². The molecule has 0 saturated heterocycles. The van der Waals surface area contributed by atoms with Gasteiger partial charge in [-0.15, -0.1) is 10.2 Å². The molecule has 2 aromatic heterocycles. The molecule has 24 heavy (non-hydrogen) atoms. The molecule has 0 radical (unpaired) electrons. The molecule has 1 saturated carbocycles. The average molecular weight is 346 g/mol. The second-order valence-electron chi connectivity index (χ2n) is 6.12. The monoisotopic (exact) mass is 346 g/mol. The highest BCUT2D eigenvalue weighted by Gasteiger charge is 2.20. The Bertz CT molecular complexity index is 656. The Labute approximate surface area is 145 Å². The molecule has 0 unspecified atom stereocenters. The van der Waals surface area contributed by atoms with Crippen molar-refractivity contribution in [3.63, 3.8) is 0 Å². The van der Waals surface area contributed by atoms with Crippen LogP contribution in [-0.4, -0.2) is 32.9 Å². The summed E-state index contributed by atoms with van der Waals surface area (Å²) in [7, 11) is 0. The van der Waals surface area contributed by atoms with Gasteiger partial charge in [-0.1, -0.05) is 31.0 Å². The van der Waals surface area contributed by atoms with Gasteiger partial charge in [0, 0.05) is 18.9 Å². The van der Waals surface area contributed by atoms with Gasteiger partial charge in [0.1, 0.15) is 0 Å². The number of aromatic nitrogens is 3. The van der Waals surface area contributed by atoms with E-state index in [-0.39, 0.29) is 11.2 Å². The van der Waals surface area contributed by atoms with Crippen LogP contribution in [0.1, 0.15) is 39.0 Å². The quantitative estimate of drug-likeness (QED) is 0.808. The van der Waals surface area contributed by atoms with Crippen LogP contribution in [0.25, 0.3) is 11.5 Å². The van der Waals surface area contributed by atoms with Gasteiger partial charge in [0.15, 0.2) is 0 Å². The first-order valence-electron chi connectivity index (χ1n) is 8.40. The molecule has 1 amide bonds. The van der Waals surface area contributed by atoms with E-state index in [1.807, 2.05) is 19.1 Å². The van der Waals surface area contributed by atoms with Crippen LogP contribution in [0.3, 0.4) is 0 Å². The van der Waals surface area contributed by atoms with E-state index in [1.54, 1.807) is 12.4 Å². The first-order chi connectivity index (χ1) is 11.7. The first kappa shape index (κ1) is 17.0. The molecule has 0 spiro atoms. The number of pyridine rings is 1. The zero-order chi connectivity index (χ0) is 16.8. The van der Waals surface area contributed by atoms with E-state index in [9.17, 15) is 4.79 Å². The molecule has 6 nitrogen and oxygen atoms in total. The topological polar surface area (TPSA) is 80.9 Å². The summed E-state index contributed by atoms with van der Waals surface area (Å²) in [4.78, 5) is 16.3. The molecule has 0 aromatic carbocycles. The lowest BCUT2D eigenvalue weighted by atomic mass is 9.89. The summed E-state index contributed by atoms with van der Waals surface area (Å²) in [6.07, 6.45) is 9.69. The zero-order valence-corrected chi connectivity index (χ0v) is 14.6. The molecule has 0 aliphatic heterocycles. The average Bonchev–Trinajstić information content (AvgIpc) is 3.10. The van der Waals surface area contributed by atoms with Gasteiger partial charge < -0.3 is 9.73 Å². The molecular formula is C17H22N4O2S. The smallest absolute Gasteiger partial charge is 0.277 e. The third-order valence-corrected chi connectivity index (χ3v) is 5.19. The van der Waals surface area contributed by atoms with Gasteiger partial charge in [-0.2, -0.15) is 0 Å². The van der Waals surface area contributed by atoms with E-state index < -0.39 is 0 Å². The molecule has 1 aliphatic rings. The SMILES string of the molecule is C[C@@H](Sc1nnc(-c2cccnc2)o1)C(=O)NCC1CCCCC1. The number of rotatable bonds is 6. The van der Waals surface area contributed by atoms with E-state index in [2.05, 4.69) is 20.5 Å². The van der Waals surface area contributed by atoms with Gasteiger partial charge in [0.25, 0.3) is 5.22 Å². The molecule has 3 rings (SSSR count). The third-order valence-electron chi connectivity index (χ3n) is 4.25. The summed E-state index contributed by atoms with van der Waals surface area (Å²) in [6.45, 7) is 2.63. The van der Waals surface area contributed by atoms with Crippen LogP contribution in [0.15, 0.2) is 34.2 Å². The number of thioether (sulfide) groups is 1. The number of amides is 1. The number of nitrogens with zero attached hydrogens (tertiary/aromatic N) is 3. The number of hydrogen-bond donors (Lipinski definition) is 1. The van der Waals surface area contributed by atoms with Gasteiger partial charge in [-0.3, -0.25) is 9.78 Å². The molecule has 2 heterocycles. The maximum Gasteiger partial charge on any atom is 0.277 e. The largest absolute Gasteiger partial charge is 0.411 e. The lowest BCUT2D eigenvalue weighted by molar-refractivity contribution is -0.120. The maximum atomic E-state index is 12.2. The lowest BCUT2D eigenvalue weighted by Crippen LogP contribution is -2.35. The van der Waals surface area contributed by atoms with Crippen LogP contribution in [0.5, 0.6) is 0 Å². The van der Waals surface area contributed by atoms with Crippen LogP contribution in [-0.2, 0) is 4.79 Å². The van der Waals surface area contributed by atoms with Crippen LogP contribution in [0.2, 0.25) is 0 Å². The molecule has 2 aromatic rings. The summed E-state index contributed by atoms with van der Waals surface area (Å²) in [5, 5.41) is 11.2. The van der Waals surface area contributed by atoms with Gasteiger partial charge >= 0.3 is 0 Å². The minimum absolute atomic E-state index is 0.0201. The van der Waals surface area contributed by atoms with Crippen molar-refractivity contribution in [2.24, 2.45) is 5.92 Å². The van der Waals surface area contributed by atoms with Crippen molar-refractivity contribution in [2.45, 2.75) is 49.5 Å². The molecule has 7 heteroatoms. The summed E-state index contributed by atoms with van der Waals surface area (Å²) < 4.78 is 5.61. The number of hydrogen-bond acceptors (Lipinski definition) is 6. The highest BCUT2D eigenvalue weighted by Crippen LogP contribution is 2.26. The van der Waals surface area contributed by atoms with Gasteiger partial charge in [-0.25, -0.2) is 0 Å². The third kappa shape index (κ3) is 4.56. The lowest BCUT2D eigenvalue weighted by Gasteiger charge is -2.22. The Morgan fingerprint density at radius 2 is 2.21 bits per heavy atom. The maximum absolute atomic E-state index is 12.2. The Kier molecular flexibility index (Phi) is 5.85. The van der Waals surface area contributed by atoms with Crippen molar-refractivity contribution >= 4 is 17.7 Å². The van der Waals surface area contributed by atoms with Gasteiger partial charge in [0.2, 0.25) is 11.8 Å². The molecule has 1 fully saturated rings. The predicted molar refractivity (Wildman–Crippen MR) is 92.4 cm³/mol. The molecule has 1 N–H and O–H groups in total. The van der Waals surface area contributed by atoms with Crippen molar-refractivity contribution in [3.05, 3.63) is 24.5 Å². The highest BCUT2D eigenvalue weighted by molar-refractivity contribution is 8.00. The highest BCUT2D eigenvalue weighted by atomic mass is 32.2. The second-order valence-corrected chi connectivity index (χ2v) is 7.42. The molecule has 1 atom stereocenters. The Morgan fingerprint density at radius 1 is 1.38 bits per heavy atom. The van der Waals surface area contributed by atoms with Crippen LogP contribution < -0.4 is 5.32 Å². The molecule has 128 valence electrons. The van der Waals surface area contributed by atoms with Crippen molar-refractivity contribution in [2.75, 3.05) is 6.54 Å². The van der Waals surface area contributed by atoms with E-state index >= 15 is 0 Å². The normalized spacial score (nSPS) is 16.7. The summed E-state index contributed by atoms with van der Waals surface area (Å²) in [6, 6.07) is 3.67. The van der Waals surface area contributed by atoms with E-state index in [1.165, 1.54) is 43.9 Å². The zero-order valence-electron chi connectivity index (χ0n) is 13.8. The first-order valence-corrected chi connectivity index (χ1v) is 9.28. The van der Waals surface area contributed by atoms with Crippen molar-refractivity contribution in [1.29, 1.82) is 0 Å². The fourth-order valence-corrected chi connectivity index (χ4v) is 3.56. The van der Waals surface area contributed by atoms with Gasteiger partial charge in [-0.05, 0) is 37.8 Å². The van der Waals surface area contributed by atoms with E-state index in [0.717, 1.165) is 12.1 Å². The molecule has 0 bridgehead atoms. The van der Waals surface area contributed by atoms with Crippen molar-refractivity contribution in [1.82, 2.24) is 20.5 Å². The minimum atomic E-state index is -0.268. The van der Waals surface area contributed by atoms with Crippen LogP contribution in [0, 0.1) is 5.92 Å². The molecule has 1 aliphatic carbocycles. The summed E-state index contributed by atoms with van der Waals surface area (Å²) >= 11 is 1.28. The fourth-order valence-electron chi connectivity index (χ4n) is 2.85. The fraction of sp³-hybridized carbons (Fsp3) is 0.529. The Hall–Kier alpha value is -1.89. The summed E-state index contributed by atoms with van der Waals surface area (Å²) in [5.41, 5.74) is 0.770. The van der Waals surface area contributed by atoms with Crippen molar-refractivity contribution in [3.8, 4) is 11.5 Å². The van der Waals surface area contributed by atoms with Crippen LogP contribution in [0.4, 0.5) is 0 Å². The van der Waals surface area contributed by atoms with Crippen molar-refractivity contribution < 1.29 is 9.21 Å². The Balaban J connectivity index is 1.50. The van der Waals surface area contributed by atoms with E-state index in [4.69, 9.17) is 4.42 Å². The van der Waals surface area contributed by atoms with Gasteiger partial charge in [0.05, 0.1) is 10.8 Å². The second kappa shape index (κ2) is 8.28. The summed E-state index contributed by atoms with van der Waals surface area (Å²) in [5.74, 6) is 1.06. The number of carbonyl (C=O) groups is 1. The predicted octanol–water partition coefficient (Wildman–Crippen LogP) is 3.31. The van der Waals surface area contributed by atoms with Crippen LogP contribution >= 0.6 is 11.8 Å². The number of nitrogens with one attached hydrogen (secondary N) is 1.